The van der Waals surface area contributed by atoms with Gasteiger partial charge in [0.05, 0.1) is 5.56 Å². The molecule has 1 N–H and O–H groups in total. The van der Waals surface area contributed by atoms with Crippen LogP contribution in [0.5, 0.6) is 5.75 Å². The van der Waals surface area contributed by atoms with Crippen LogP contribution in [0.4, 0.5) is 0 Å². The SMILES string of the molecule is CCN(CC)C(=O)c1ccc(C)cc1O. The lowest BCUT2D eigenvalue weighted by Crippen LogP contribution is -2.30. The highest BCUT2D eigenvalue weighted by Crippen LogP contribution is 2.20. The normalized spacial score (nSPS) is 10.1. The molecule has 0 atom stereocenters. The number of aryl methyl sites for hydroxylation is 1. The minimum atomic E-state index is -0.113. The minimum Gasteiger partial charge on any atom is -0.507 e. The Kier molecular flexibility index (Phi) is 3.72. The van der Waals surface area contributed by atoms with E-state index in [1.807, 2.05) is 26.8 Å². The Labute approximate surface area is 90.3 Å². The summed E-state index contributed by atoms with van der Waals surface area (Å²) in [6.45, 7) is 7.04. The molecule has 1 aromatic rings. The number of hydrogen-bond acceptors (Lipinski definition) is 2. The summed E-state index contributed by atoms with van der Waals surface area (Å²) in [6, 6.07) is 5.11. The zero-order valence-electron chi connectivity index (χ0n) is 9.45. The molecule has 0 aliphatic heterocycles. The van der Waals surface area contributed by atoms with Gasteiger partial charge in [0, 0.05) is 13.1 Å². The van der Waals surface area contributed by atoms with Crippen molar-refractivity contribution in [3.63, 3.8) is 0 Å². The van der Waals surface area contributed by atoms with Crippen LogP contribution in [0.15, 0.2) is 18.2 Å². The van der Waals surface area contributed by atoms with Crippen LogP contribution in [0, 0.1) is 6.92 Å². The van der Waals surface area contributed by atoms with Gasteiger partial charge in [-0.15, -0.1) is 0 Å². The first-order valence-electron chi connectivity index (χ1n) is 5.19. The highest BCUT2D eigenvalue weighted by Gasteiger charge is 2.15. The summed E-state index contributed by atoms with van der Waals surface area (Å²) in [4.78, 5) is 13.6. The summed E-state index contributed by atoms with van der Waals surface area (Å²) < 4.78 is 0. The van der Waals surface area contributed by atoms with Gasteiger partial charge in [0.1, 0.15) is 5.75 Å². The lowest BCUT2D eigenvalue weighted by molar-refractivity contribution is 0.0770. The molecule has 0 spiro atoms. The second-order valence-corrected chi connectivity index (χ2v) is 3.50. The third-order valence-electron chi connectivity index (χ3n) is 2.43. The molecule has 15 heavy (non-hydrogen) atoms. The molecule has 0 saturated carbocycles. The van der Waals surface area contributed by atoms with Gasteiger partial charge in [0.2, 0.25) is 0 Å². The van der Waals surface area contributed by atoms with Gasteiger partial charge >= 0.3 is 0 Å². The Bertz CT molecular complexity index is 357. The molecule has 0 saturated heterocycles. The van der Waals surface area contributed by atoms with E-state index >= 15 is 0 Å². The molecule has 0 bridgehead atoms. The first kappa shape index (κ1) is 11.6. The Morgan fingerprint density at radius 3 is 2.40 bits per heavy atom. The van der Waals surface area contributed by atoms with Crippen LogP contribution in [0.3, 0.4) is 0 Å². The van der Waals surface area contributed by atoms with Gasteiger partial charge in [0.25, 0.3) is 5.91 Å². The lowest BCUT2D eigenvalue weighted by atomic mass is 10.1. The molecular formula is C12H17NO2. The van der Waals surface area contributed by atoms with Crippen molar-refractivity contribution in [2.24, 2.45) is 0 Å². The van der Waals surface area contributed by atoms with Gasteiger partial charge in [-0.1, -0.05) is 6.07 Å². The number of aromatic hydroxyl groups is 1. The fraction of sp³-hybridized carbons (Fsp3) is 0.417. The summed E-state index contributed by atoms with van der Waals surface area (Å²) in [5.74, 6) is -0.0515. The van der Waals surface area contributed by atoms with Crippen molar-refractivity contribution < 1.29 is 9.90 Å². The first-order valence-corrected chi connectivity index (χ1v) is 5.19. The zero-order valence-corrected chi connectivity index (χ0v) is 9.45. The van der Waals surface area contributed by atoms with Crippen molar-refractivity contribution in [1.82, 2.24) is 4.90 Å². The molecule has 0 heterocycles. The maximum atomic E-state index is 11.9. The fourth-order valence-electron chi connectivity index (χ4n) is 1.50. The number of hydrogen-bond donors (Lipinski definition) is 1. The number of phenolic OH excluding ortho intramolecular Hbond substituents is 1. The smallest absolute Gasteiger partial charge is 0.257 e. The van der Waals surface area contributed by atoms with Gasteiger partial charge in [-0.2, -0.15) is 0 Å². The number of rotatable bonds is 3. The van der Waals surface area contributed by atoms with Gasteiger partial charge in [-0.05, 0) is 38.5 Å². The molecule has 1 amide bonds. The maximum Gasteiger partial charge on any atom is 0.257 e. The Hall–Kier alpha value is -1.51. The van der Waals surface area contributed by atoms with Crippen LogP contribution in [-0.4, -0.2) is 29.0 Å². The molecule has 3 heteroatoms. The first-order chi connectivity index (χ1) is 7.10. The summed E-state index contributed by atoms with van der Waals surface area (Å²) >= 11 is 0. The number of carbonyl (C=O) groups excluding carboxylic acids is 1. The molecule has 0 aromatic heterocycles. The highest BCUT2D eigenvalue weighted by molar-refractivity contribution is 5.96. The van der Waals surface area contributed by atoms with Gasteiger partial charge in [-0.3, -0.25) is 4.79 Å². The molecule has 1 rings (SSSR count). The topological polar surface area (TPSA) is 40.5 Å². The third kappa shape index (κ3) is 2.49. The average Bonchev–Trinajstić information content (AvgIpc) is 2.19. The molecule has 1 aromatic carbocycles. The van der Waals surface area contributed by atoms with Gasteiger partial charge in [-0.25, -0.2) is 0 Å². The molecular weight excluding hydrogens is 190 g/mol. The van der Waals surface area contributed by atoms with Crippen molar-refractivity contribution >= 4 is 5.91 Å². The van der Waals surface area contributed by atoms with Crippen molar-refractivity contribution in [3.8, 4) is 5.75 Å². The van der Waals surface area contributed by atoms with Crippen molar-refractivity contribution in [3.05, 3.63) is 29.3 Å². The van der Waals surface area contributed by atoms with Crippen LogP contribution in [0.25, 0.3) is 0 Å². The number of phenols is 1. The van der Waals surface area contributed by atoms with E-state index in [2.05, 4.69) is 0 Å². The molecule has 0 fully saturated rings. The maximum absolute atomic E-state index is 11.9. The van der Waals surface area contributed by atoms with Crippen LogP contribution in [0.2, 0.25) is 0 Å². The van der Waals surface area contributed by atoms with E-state index in [0.717, 1.165) is 5.56 Å². The lowest BCUT2D eigenvalue weighted by Gasteiger charge is -2.19. The summed E-state index contributed by atoms with van der Waals surface area (Å²) in [6.07, 6.45) is 0. The summed E-state index contributed by atoms with van der Waals surface area (Å²) in [5, 5.41) is 9.65. The largest absolute Gasteiger partial charge is 0.507 e. The minimum absolute atomic E-state index is 0.0619. The second-order valence-electron chi connectivity index (χ2n) is 3.50. The number of benzene rings is 1. The van der Waals surface area contributed by atoms with Gasteiger partial charge in [0.15, 0.2) is 0 Å². The van der Waals surface area contributed by atoms with Crippen LogP contribution in [0.1, 0.15) is 29.8 Å². The highest BCUT2D eigenvalue weighted by atomic mass is 16.3. The predicted octanol–water partition coefficient (Wildman–Crippen LogP) is 2.18. The van der Waals surface area contributed by atoms with Crippen molar-refractivity contribution in [2.45, 2.75) is 20.8 Å². The molecule has 0 unspecified atom stereocenters. The molecule has 0 aliphatic rings. The Morgan fingerprint density at radius 2 is 1.93 bits per heavy atom. The van der Waals surface area contributed by atoms with Gasteiger partial charge < -0.3 is 10.0 Å². The molecule has 0 aliphatic carbocycles. The predicted molar refractivity (Wildman–Crippen MR) is 60.1 cm³/mol. The Balaban J connectivity index is 3.00. The summed E-state index contributed by atoms with van der Waals surface area (Å²) in [5.41, 5.74) is 1.33. The monoisotopic (exact) mass is 207 g/mol. The number of carbonyl (C=O) groups is 1. The molecule has 82 valence electrons. The summed E-state index contributed by atoms with van der Waals surface area (Å²) in [7, 11) is 0. The molecule has 0 radical (unpaired) electrons. The van der Waals surface area contributed by atoms with Crippen molar-refractivity contribution in [2.75, 3.05) is 13.1 Å². The van der Waals surface area contributed by atoms with Crippen LogP contribution < -0.4 is 0 Å². The van der Waals surface area contributed by atoms with Crippen molar-refractivity contribution in [1.29, 1.82) is 0 Å². The number of amides is 1. The van der Waals surface area contributed by atoms with Crippen LogP contribution in [-0.2, 0) is 0 Å². The molecule has 3 nitrogen and oxygen atoms in total. The standard InChI is InChI=1S/C12H17NO2/c1-4-13(5-2)12(15)10-7-6-9(3)8-11(10)14/h6-8,14H,4-5H2,1-3H3. The van der Waals surface area contributed by atoms with E-state index in [0.29, 0.717) is 18.7 Å². The van der Waals surface area contributed by atoms with E-state index in [1.165, 1.54) is 0 Å². The number of nitrogens with zero attached hydrogens (tertiary/aromatic N) is 1. The van der Waals surface area contributed by atoms with E-state index < -0.39 is 0 Å². The average molecular weight is 207 g/mol. The fourth-order valence-corrected chi connectivity index (χ4v) is 1.50. The van der Waals surface area contributed by atoms with E-state index in [4.69, 9.17) is 0 Å². The van der Waals surface area contributed by atoms with Crippen LogP contribution >= 0.6 is 0 Å². The van der Waals surface area contributed by atoms with E-state index in [-0.39, 0.29) is 11.7 Å². The zero-order chi connectivity index (χ0) is 11.4. The Morgan fingerprint density at radius 1 is 1.33 bits per heavy atom. The van der Waals surface area contributed by atoms with E-state index in [1.54, 1.807) is 17.0 Å². The third-order valence-corrected chi connectivity index (χ3v) is 2.43. The quantitative estimate of drug-likeness (QED) is 0.825. The second kappa shape index (κ2) is 4.82. The van der Waals surface area contributed by atoms with E-state index in [9.17, 15) is 9.90 Å².